The largest absolute Gasteiger partial charge is 0.342 e. The number of carbonyl (C=O) groups is 2. The van der Waals surface area contributed by atoms with Crippen LogP contribution in [0.25, 0.3) is 0 Å². The molecule has 0 saturated carbocycles. The Hall–Kier alpha value is -2.18. The Bertz CT molecular complexity index is 735. The molecule has 4 N–H and O–H groups in total. The third-order valence-electron chi connectivity index (χ3n) is 3.89. The van der Waals surface area contributed by atoms with Crippen molar-refractivity contribution in [2.24, 2.45) is 0 Å². The standard InChI is InChI=1S/C19H22BrN3O2/c1-13-10-16(20)8-9-17(13)23-19(25)12-22-18(24)11-21-14(2)15-6-4-3-5-7-15/h3-10,14,21H,11-12H2,1-2H3,(H,22,24)(H,23,25)/p+1/t14-/m1/s1. The second-order valence-electron chi connectivity index (χ2n) is 5.92. The van der Waals surface area contributed by atoms with Crippen molar-refractivity contribution in [2.75, 3.05) is 18.4 Å². The van der Waals surface area contributed by atoms with E-state index in [1.165, 1.54) is 5.56 Å². The lowest BCUT2D eigenvalue weighted by atomic mass is 10.1. The van der Waals surface area contributed by atoms with Crippen LogP contribution in [0.1, 0.15) is 24.1 Å². The van der Waals surface area contributed by atoms with Crippen LogP contribution in [0.15, 0.2) is 53.0 Å². The number of halogens is 1. The molecular formula is C19H23BrN3O2+. The van der Waals surface area contributed by atoms with Crippen molar-refractivity contribution in [1.29, 1.82) is 0 Å². The Morgan fingerprint density at radius 2 is 1.84 bits per heavy atom. The fraction of sp³-hybridized carbons (Fsp3) is 0.263. The van der Waals surface area contributed by atoms with Crippen molar-refractivity contribution in [2.45, 2.75) is 19.9 Å². The highest BCUT2D eigenvalue weighted by Crippen LogP contribution is 2.19. The number of hydrogen-bond acceptors (Lipinski definition) is 2. The van der Waals surface area contributed by atoms with E-state index in [4.69, 9.17) is 0 Å². The maximum Gasteiger partial charge on any atom is 0.275 e. The van der Waals surface area contributed by atoms with E-state index in [-0.39, 0.29) is 30.9 Å². The van der Waals surface area contributed by atoms with Crippen LogP contribution in [0.4, 0.5) is 5.69 Å². The lowest BCUT2D eigenvalue weighted by Crippen LogP contribution is -2.87. The van der Waals surface area contributed by atoms with Crippen molar-refractivity contribution in [3.63, 3.8) is 0 Å². The molecule has 5 nitrogen and oxygen atoms in total. The smallest absolute Gasteiger partial charge is 0.275 e. The maximum absolute atomic E-state index is 12.0. The molecule has 0 aliphatic carbocycles. The molecule has 0 spiro atoms. The normalized spacial score (nSPS) is 11.6. The van der Waals surface area contributed by atoms with Crippen LogP contribution in [-0.2, 0) is 9.59 Å². The molecule has 2 aromatic rings. The molecule has 0 fully saturated rings. The lowest BCUT2D eigenvalue weighted by molar-refractivity contribution is -0.682. The molecule has 0 aliphatic heterocycles. The van der Waals surface area contributed by atoms with E-state index in [1.807, 2.05) is 67.7 Å². The third-order valence-corrected chi connectivity index (χ3v) is 4.38. The van der Waals surface area contributed by atoms with Gasteiger partial charge in [-0.25, -0.2) is 0 Å². The lowest BCUT2D eigenvalue weighted by Gasteiger charge is -2.12. The zero-order chi connectivity index (χ0) is 18.2. The van der Waals surface area contributed by atoms with Crippen LogP contribution >= 0.6 is 15.9 Å². The van der Waals surface area contributed by atoms with E-state index >= 15 is 0 Å². The first kappa shape index (κ1) is 19.1. The number of quaternary nitrogens is 1. The van der Waals surface area contributed by atoms with Crippen molar-refractivity contribution in [3.8, 4) is 0 Å². The number of rotatable bonds is 7. The molecule has 0 aromatic heterocycles. The Labute approximate surface area is 156 Å². The van der Waals surface area contributed by atoms with Gasteiger partial charge in [0.25, 0.3) is 5.91 Å². The van der Waals surface area contributed by atoms with Gasteiger partial charge in [0.05, 0.1) is 6.54 Å². The van der Waals surface area contributed by atoms with Gasteiger partial charge in [-0.1, -0.05) is 46.3 Å². The van der Waals surface area contributed by atoms with E-state index in [2.05, 4.69) is 26.6 Å². The summed E-state index contributed by atoms with van der Waals surface area (Å²) in [6.07, 6.45) is 0. The molecule has 6 heteroatoms. The molecular weight excluding hydrogens is 382 g/mol. The van der Waals surface area contributed by atoms with E-state index in [0.717, 1.165) is 15.7 Å². The van der Waals surface area contributed by atoms with Gasteiger partial charge < -0.3 is 16.0 Å². The number of anilines is 1. The summed E-state index contributed by atoms with van der Waals surface area (Å²) < 4.78 is 0.958. The molecule has 2 aromatic carbocycles. The first-order valence-electron chi connectivity index (χ1n) is 8.16. The number of nitrogens with one attached hydrogen (secondary N) is 2. The topological polar surface area (TPSA) is 74.8 Å². The summed E-state index contributed by atoms with van der Waals surface area (Å²) in [5.41, 5.74) is 2.87. The number of benzene rings is 2. The van der Waals surface area contributed by atoms with Crippen LogP contribution in [0.3, 0.4) is 0 Å². The minimum Gasteiger partial charge on any atom is -0.342 e. The summed E-state index contributed by atoms with van der Waals surface area (Å²) >= 11 is 3.38. The molecule has 1 atom stereocenters. The number of carbonyl (C=O) groups excluding carboxylic acids is 2. The van der Waals surface area contributed by atoms with Crippen LogP contribution in [0.5, 0.6) is 0 Å². The Morgan fingerprint density at radius 1 is 1.12 bits per heavy atom. The van der Waals surface area contributed by atoms with Crippen molar-refractivity contribution >= 4 is 33.4 Å². The van der Waals surface area contributed by atoms with Gasteiger partial charge in [0, 0.05) is 15.7 Å². The summed E-state index contributed by atoms with van der Waals surface area (Å²) in [5, 5.41) is 7.39. The van der Waals surface area contributed by atoms with Crippen LogP contribution in [0.2, 0.25) is 0 Å². The molecule has 0 aliphatic rings. The highest BCUT2D eigenvalue weighted by atomic mass is 79.9. The Kier molecular flexibility index (Phi) is 7.16. The zero-order valence-corrected chi connectivity index (χ0v) is 16.0. The molecule has 2 rings (SSSR count). The molecule has 132 valence electrons. The fourth-order valence-electron chi connectivity index (χ4n) is 2.39. The first-order chi connectivity index (χ1) is 12.0. The van der Waals surface area contributed by atoms with Crippen molar-refractivity contribution in [1.82, 2.24) is 5.32 Å². The summed E-state index contributed by atoms with van der Waals surface area (Å²) in [4.78, 5) is 23.9. The average Bonchev–Trinajstić information content (AvgIpc) is 2.61. The predicted octanol–water partition coefficient (Wildman–Crippen LogP) is 2.14. The third kappa shape index (κ3) is 6.32. The summed E-state index contributed by atoms with van der Waals surface area (Å²) in [7, 11) is 0. The van der Waals surface area contributed by atoms with Gasteiger partial charge in [-0.05, 0) is 37.6 Å². The number of nitrogens with two attached hydrogens (primary N) is 1. The highest BCUT2D eigenvalue weighted by molar-refractivity contribution is 9.10. The van der Waals surface area contributed by atoms with Crippen LogP contribution < -0.4 is 16.0 Å². The average molecular weight is 405 g/mol. The molecule has 0 radical (unpaired) electrons. The van der Waals surface area contributed by atoms with E-state index in [1.54, 1.807) is 0 Å². The molecule has 25 heavy (non-hydrogen) atoms. The second kappa shape index (κ2) is 9.34. The van der Waals surface area contributed by atoms with Crippen molar-refractivity contribution < 1.29 is 14.9 Å². The Balaban J connectivity index is 1.73. The van der Waals surface area contributed by atoms with Crippen LogP contribution in [0, 0.1) is 6.92 Å². The molecule has 0 heterocycles. The zero-order valence-electron chi connectivity index (χ0n) is 14.4. The maximum atomic E-state index is 12.0. The predicted molar refractivity (Wildman–Crippen MR) is 102 cm³/mol. The summed E-state index contributed by atoms with van der Waals surface area (Å²) in [6, 6.07) is 15.8. The van der Waals surface area contributed by atoms with Gasteiger partial charge >= 0.3 is 0 Å². The highest BCUT2D eigenvalue weighted by Gasteiger charge is 2.12. The molecule has 2 amide bonds. The van der Waals surface area contributed by atoms with Gasteiger partial charge in [0.1, 0.15) is 6.04 Å². The van der Waals surface area contributed by atoms with E-state index in [0.29, 0.717) is 0 Å². The van der Waals surface area contributed by atoms with Gasteiger partial charge in [-0.15, -0.1) is 0 Å². The van der Waals surface area contributed by atoms with Crippen LogP contribution in [-0.4, -0.2) is 24.9 Å². The molecule has 0 bridgehead atoms. The van der Waals surface area contributed by atoms with Gasteiger partial charge in [-0.2, -0.15) is 0 Å². The van der Waals surface area contributed by atoms with E-state index < -0.39 is 0 Å². The quantitative estimate of drug-likeness (QED) is 0.661. The monoisotopic (exact) mass is 404 g/mol. The summed E-state index contributed by atoms with van der Waals surface area (Å²) in [5.74, 6) is -0.402. The first-order valence-corrected chi connectivity index (χ1v) is 8.96. The van der Waals surface area contributed by atoms with E-state index in [9.17, 15) is 9.59 Å². The Morgan fingerprint density at radius 3 is 2.52 bits per heavy atom. The number of hydrogen-bond donors (Lipinski definition) is 3. The second-order valence-corrected chi connectivity index (χ2v) is 6.84. The number of amides is 2. The molecule has 0 unspecified atom stereocenters. The minimum atomic E-state index is -0.241. The summed E-state index contributed by atoms with van der Waals surface area (Å²) in [6.45, 7) is 4.20. The van der Waals surface area contributed by atoms with Crippen molar-refractivity contribution in [3.05, 3.63) is 64.1 Å². The fourth-order valence-corrected chi connectivity index (χ4v) is 2.86. The van der Waals surface area contributed by atoms with Gasteiger partial charge in [0.2, 0.25) is 5.91 Å². The molecule has 0 saturated heterocycles. The number of aryl methyl sites for hydroxylation is 1. The van der Waals surface area contributed by atoms with Gasteiger partial charge in [0.15, 0.2) is 6.54 Å². The van der Waals surface area contributed by atoms with Gasteiger partial charge in [-0.3, -0.25) is 9.59 Å². The minimum absolute atomic E-state index is 0.0398. The SMILES string of the molecule is Cc1cc(Br)ccc1NC(=O)CNC(=O)C[NH2+][C@H](C)c1ccccc1.